The zero-order valence-corrected chi connectivity index (χ0v) is 12.0. The highest BCUT2D eigenvalue weighted by molar-refractivity contribution is 8.00. The van der Waals surface area contributed by atoms with Crippen molar-refractivity contribution >= 4 is 23.4 Å². The van der Waals surface area contributed by atoms with Crippen LogP contribution in [0.1, 0.15) is 0 Å². The Balaban J connectivity index is 1.94. The predicted octanol–water partition coefficient (Wildman–Crippen LogP) is 3.70. The predicted molar refractivity (Wildman–Crippen MR) is 78.7 cm³/mol. The van der Waals surface area contributed by atoms with Gasteiger partial charge < -0.3 is 10.1 Å². The fourth-order valence-electron chi connectivity index (χ4n) is 1.62. The first-order chi connectivity index (χ1) is 10.1. The van der Waals surface area contributed by atoms with E-state index in [0.717, 1.165) is 23.1 Å². The molecule has 2 aromatic rings. The van der Waals surface area contributed by atoms with Crippen LogP contribution in [0.25, 0.3) is 0 Å². The molecule has 6 heteroatoms. The Bertz CT molecular complexity index is 649. The number of hydrogen-bond donors (Lipinski definition) is 1. The van der Waals surface area contributed by atoms with Crippen molar-refractivity contribution in [3.8, 4) is 5.75 Å². The Labute approximate surface area is 125 Å². The van der Waals surface area contributed by atoms with E-state index in [1.54, 1.807) is 19.2 Å². The average Bonchev–Trinajstić information content (AvgIpc) is 2.49. The van der Waals surface area contributed by atoms with E-state index in [1.165, 1.54) is 11.8 Å². The first-order valence-corrected chi connectivity index (χ1v) is 7.09. The Morgan fingerprint density at radius 1 is 1.24 bits per heavy atom. The molecule has 0 saturated carbocycles. The van der Waals surface area contributed by atoms with Crippen molar-refractivity contribution in [3.63, 3.8) is 0 Å². The highest BCUT2D eigenvalue weighted by Gasteiger charge is 2.09. The van der Waals surface area contributed by atoms with Gasteiger partial charge in [0.1, 0.15) is 17.4 Å². The van der Waals surface area contributed by atoms with Crippen molar-refractivity contribution in [1.82, 2.24) is 0 Å². The Kier molecular flexibility index (Phi) is 5.16. The fourth-order valence-corrected chi connectivity index (χ4v) is 2.36. The number of carbonyl (C=O) groups is 1. The molecule has 0 aliphatic carbocycles. The van der Waals surface area contributed by atoms with Gasteiger partial charge in [-0.15, -0.1) is 11.8 Å². The van der Waals surface area contributed by atoms with E-state index in [1.807, 2.05) is 12.1 Å². The number of halogens is 2. The third-order valence-corrected chi connectivity index (χ3v) is 3.61. The van der Waals surface area contributed by atoms with Crippen molar-refractivity contribution in [2.45, 2.75) is 4.90 Å². The standard InChI is InChI=1S/C15H13F2NO2S/c1-20-11-3-2-4-12(8-11)21-9-15(19)18-14-7-10(16)5-6-13(14)17/h2-8H,9H2,1H3,(H,18,19). The highest BCUT2D eigenvalue weighted by Crippen LogP contribution is 2.23. The monoisotopic (exact) mass is 309 g/mol. The summed E-state index contributed by atoms with van der Waals surface area (Å²) in [6.07, 6.45) is 0. The molecule has 0 atom stereocenters. The minimum Gasteiger partial charge on any atom is -0.497 e. The smallest absolute Gasteiger partial charge is 0.234 e. The third kappa shape index (κ3) is 4.46. The van der Waals surface area contributed by atoms with Crippen molar-refractivity contribution in [2.75, 3.05) is 18.2 Å². The van der Waals surface area contributed by atoms with Gasteiger partial charge in [-0.3, -0.25) is 4.79 Å². The summed E-state index contributed by atoms with van der Waals surface area (Å²) >= 11 is 1.28. The Morgan fingerprint density at radius 3 is 2.81 bits per heavy atom. The van der Waals surface area contributed by atoms with Crippen molar-refractivity contribution < 1.29 is 18.3 Å². The Hall–Kier alpha value is -2.08. The maximum Gasteiger partial charge on any atom is 0.234 e. The molecule has 2 rings (SSSR count). The van der Waals surface area contributed by atoms with E-state index in [-0.39, 0.29) is 11.4 Å². The first-order valence-electron chi connectivity index (χ1n) is 6.10. The van der Waals surface area contributed by atoms with Crippen LogP contribution in [0.15, 0.2) is 47.4 Å². The van der Waals surface area contributed by atoms with Crippen LogP contribution in [-0.2, 0) is 4.79 Å². The number of nitrogens with one attached hydrogen (secondary N) is 1. The third-order valence-electron chi connectivity index (χ3n) is 2.61. The second kappa shape index (κ2) is 7.08. The molecular formula is C15H13F2NO2S. The number of ether oxygens (including phenoxy) is 1. The molecule has 0 unspecified atom stereocenters. The zero-order chi connectivity index (χ0) is 15.2. The number of hydrogen-bond acceptors (Lipinski definition) is 3. The van der Waals surface area contributed by atoms with Crippen molar-refractivity contribution in [3.05, 3.63) is 54.1 Å². The van der Waals surface area contributed by atoms with Crippen LogP contribution in [0.2, 0.25) is 0 Å². The molecule has 2 aromatic carbocycles. The largest absolute Gasteiger partial charge is 0.497 e. The zero-order valence-electron chi connectivity index (χ0n) is 11.2. The van der Waals surface area contributed by atoms with Crippen LogP contribution in [-0.4, -0.2) is 18.8 Å². The summed E-state index contributed by atoms with van der Waals surface area (Å²) in [4.78, 5) is 12.6. The number of amides is 1. The summed E-state index contributed by atoms with van der Waals surface area (Å²) in [6, 6.07) is 10.2. The lowest BCUT2D eigenvalue weighted by Crippen LogP contribution is -2.15. The number of anilines is 1. The van der Waals surface area contributed by atoms with E-state index in [0.29, 0.717) is 5.75 Å². The number of rotatable bonds is 5. The topological polar surface area (TPSA) is 38.3 Å². The molecule has 0 aromatic heterocycles. The fraction of sp³-hybridized carbons (Fsp3) is 0.133. The van der Waals surface area contributed by atoms with Gasteiger partial charge in [-0.05, 0) is 30.3 Å². The summed E-state index contributed by atoms with van der Waals surface area (Å²) in [6.45, 7) is 0. The average molecular weight is 309 g/mol. The molecule has 0 saturated heterocycles. The molecule has 3 nitrogen and oxygen atoms in total. The van der Waals surface area contributed by atoms with Crippen LogP contribution in [0.3, 0.4) is 0 Å². The van der Waals surface area contributed by atoms with Crippen LogP contribution < -0.4 is 10.1 Å². The van der Waals surface area contributed by atoms with E-state index in [9.17, 15) is 13.6 Å². The molecule has 0 bridgehead atoms. The lowest BCUT2D eigenvalue weighted by atomic mass is 10.3. The van der Waals surface area contributed by atoms with E-state index < -0.39 is 17.5 Å². The van der Waals surface area contributed by atoms with Crippen LogP contribution in [0.4, 0.5) is 14.5 Å². The van der Waals surface area contributed by atoms with Gasteiger partial charge in [0.2, 0.25) is 5.91 Å². The first kappa shape index (κ1) is 15.3. The van der Waals surface area contributed by atoms with Crippen molar-refractivity contribution in [1.29, 1.82) is 0 Å². The molecule has 0 fully saturated rings. The summed E-state index contributed by atoms with van der Waals surface area (Å²) < 4.78 is 31.5. The van der Waals surface area contributed by atoms with Gasteiger partial charge in [-0.25, -0.2) is 8.78 Å². The van der Waals surface area contributed by atoms with E-state index >= 15 is 0 Å². The maximum atomic E-state index is 13.4. The summed E-state index contributed by atoms with van der Waals surface area (Å²) in [5.41, 5.74) is -0.161. The lowest BCUT2D eigenvalue weighted by Gasteiger charge is -2.07. The van der Waals surface area contributed by atoms with Gasteiger partial charge in [-0.2, -0.15) is 0 Å². The quantitative estimate of drug-likeness (QED) is 0.856. The molecular weight excluding hydrogens is 296 g/mol. The second-order valence-corrected chi connectivity index (χ2v) is 5.19. The van der Waals surface area contributed by atoms with E-state index in [4.69, 9.17) is 4.74 Å². The van der Waals surface area contributed by atoms with Gasteiger partial charge in [0.25, 0.3) is 0 Å². The van der Waals surface area contributed by atoms with Gasteiger partial charge >= 0.3 is 0 Å². The number of thioether (sulfide) groups is 1. The van der Waals surface area contributed by atoms with Gasteiger partial charge in [0, 0.05) is 11.0 Å². The van der Waals surface area contributed by atoms with Crippen LogP contribution in [0, 0.1) is 11.6 Å². The molecule has 0 heterocycles. The molecule has 1 N–H and O–H groups in total. The van der Waals surface area contributed by atoms with Gasteiger partial charge in [-0.1, -0.05) is 6.07 Å². The second-order valence-electron chi connectivity index (χ2n) is 4.14. The van der Waals surface area contributed by atoms with Crippen molar-refractivity contribution in [2.24, 2.45) is 0 Å². The molecule has 1 amide bonds. The number of benzene rings is 2. The minimum absolute atomic E-state index is 0.0864. The molecule has 0 spiro atoms. The summed E-state index contributed by atoms with van der Waals surface area (Å²) in [5, 5.41) is 2.34. The lowest BCUT2D eigenvalue weighted by molar-refractivity contribution is -0.113. The number of methoxy groups -OCH3 is 1. The minimum atomic E-state index is -0.670. The van der Waals surface area contributed by atoms with E-state index in [2.05, 4.69) is 5.32 Å². The normalized spacial score (nSPS) is 10.2. The molecule has 0 radical (unpaired) electrons. The SMILES string of the molecule is COc1cccc(SCC(=O)Nc2cc(F)ccc2F)c1. The number of carbonyl (C=O) groups excluding carboxylic acids is 1. The Morgan fingerprint density at radius 2 is 2.05 bits per heavy atom. The molecule has 0 aliphatic heterocycles. The summed E-state index contributed by atoms with van der Waals surface area (Å²) in [7, 11) is 1.56. The summed E-state index contributed by atoms with van der Waals surface area (Å²) in [5.74, 6) is -0.907. The van der Waals surface area contributed by atoms with Gasteiger partial charge in [0.15, 0.2) is 0 Å². The molecule has 0 aliphatic rings. The van der Waals surface area contributed by atoms with Crippen LogP contribution in [0.5, 0.6) is 5.75 Å². The molecule has 110 valence electrons. The van der Waals surface area contributed by atoms with Gasteiger partial charge in [0.05, 0.1) is 18.6 Å². The van der Waals surface area contributed by atoms with Crippen LogP contribution >= 0.6 is 11.8 Å². The highest BCUT2D eigenvalue weighted by atomic mass is 32.2. The molecule has 21 heavy (non-hydrogen) atoms. The maximum absolute atomic E-state index is 13.4.